The summed E-state index contributed by atoms with van der Waals surface area (Å²) in [6.45, 7) is 2.94. The predicted octanol–water partition coefficient (Wildman–Crippen LogP) is 3.83. The van der Waals surface area contributed by atoms with Crippen molar-refractivity contribution >= 4 is 28.9 Å². The second kappa shape index (κ2) is 9.24. The van der Waals surface area contributed by atoms with Crippen molar-refractivity contribution in [2.75, 3.05) is 36.5 Å². The Hall–Kier alpha value is -4.00. The van der Waals surface area contributed by atoms with E-state index in [1.807, 2.05) is 42.5 Å². The maximum atomic E-state index is 9.53. The molecule has 3 heterocycles. The minimum Gasteiger partial charge on any atom is -0.378 e. The highest BCUT2D eigenvalue weighted by atomic mass is 35.5. The number of benzene rings is 2. The summed E-state index contributed by atoms with van der Waals surface area (Å²) in [6.07, 6.45) is 3.33. The van der Waals surface area contributed by atoms with Gasteiger partial charge in [-0.2, -0.15) is 5.26 Å². The lowest BCUT2D eigenvalue weighted by Gasteiger charge is -2.29. The quantitative estimate of drug-likeness (QED) is 0.481. The smallest absolute Gasteiger partial charge is 0.227 e. The number of nitrogens with one attached hydrogen (secondary N) is 1. The van der Waals surface area contributed by atoms with Crippen LogP contribution in [-0.4, -0.2) is 51.3 Å². The van der Waals surface area contributed by atoms with Crippen LogP contribution < -0.4 is 10.2 Å². The fraction of sp³-hybridized carbons (Fsp3) is 0.174. The molecule has 0 radical (unpaired) electrons. The molecular weight excluding hydrogens is 440 g/mol. The number of hydrogen-bond acceptors (Lipinski definition) is 8. The number of morpholine rings is 1. The van der Waals surface area contributed by atoms with Crippen molar-refractivity contribution in [2.24, 2.45) is 0 Å². The highest BCUT2D eigenvalue weighted by Gasteiger charge is 2.14. The third-order valence-corrected chi connectivity index (χ3v) is 5.40. The maximum absolute atomic E-state index is 9.53. The molecule has 33 heavy (non-hydrogen) atoms. The molecule has 0 spiro atoms. The minimum absolute atomic E-state index is 0.333. The van der Waals surface area contributed by atoms with E-state index in [4.69, 9.17) is 16.3 Å². The first-order valence-corrected chi connectivity index (χ1v) is 10.7. The summed E-state index contributed by atoms with van der Waals surface area (Å²) < 4.78 is 7.04. The van der Waals surface area contributed by atoms with E-state index in [0.717, 1.165) is 41.4 Å². The number of aromatic nitrogens is 5. The van der Waals surface area contributed by atoms with Crippen LogP contribution in [0.1, 0.15) is 5.56 Å². The van der Waals surface area contributed by atoms with Crippen LogP contribution in [0.2, 0.25) is 5.15 Å². The average Bonchev–Trinajstić information content (AvgIpc) is 3.31. The molecule has 4 aromatic rings. The van der Waals surface area contributed by atoms with E-state index in [2.05, 4.69) is 42.6 Å². The molecule has 164 valence electrons. The molecule has 9 nitrogen and oxygen atoms in total. The summed E-state index contributed by atoms with van der Waals surface area (Å²) in [7, 11) is 0. The number of anilines is 3. The highest BCUT2D eigenvalue weighted by Crippen LogP contribution is 2.27. The standard InChI is InChI=1S/C23H19ClN8O/c24-22-15-32(30-29-22)19-3-1-18(2-4-19)27-23-26-6-5-21(28-23)17-11-16(14-25)12-20(13-17)31-7-9-33-10-8-31/h1-6,11-13,15H,7-10H2,(H,26,27,28). The van der Waals surface area contributed by atoms with Gasteiger partial charge in [-0.05, 0) is 48.5 Å². The van der Waals surface area contributed by atoms with Crippen molar-refractivity contribution < 1.29 is 4.74 Å². The summed E-state index contributed by atoms with van der Waals surface area (Å²) in [6, 6.07) is 17.5. The largest absolute Gasteiger partial charge is 0.378 e. The second-order valence-corrected chi connectivity index (χ2v) is 7.79. The number of nitrogens with zero attached hydrogens (tertiary/aromatic N) is 7. The van der Waals surface area contributed by atoms with E-state index in [9.17, 15) is 5.26 Å². The normalized spacial score (nSPS) is 13.5. The highest BCUT2D eigenvalue weighted by molar-refractivity contribution is 6.29. The van der Waals surface area contributed by atoms with Crippen LogP contribution in [0.15, 0.2) is 60.9 Å². The van der Waals surface area contributed by atoms with Crippen LogP contribution in [0.3, 0.4) is 0 Å². The molecule has 0 atom stereocenters. The van der Waals surface area contributed by atoms with Crippen molar-refractivity contribution in [3.05, 3.63) is 71.6 Å². The number of rotatable bonds is 5. The molecule has 2 aromatic carbocycles. The number of ether oxygens (including phenoxy) is 1. The molecule has 0 amide bonds. The zero-order chi connectivity index (χ0) is 22.6. The first-order chi connectivity index (χ1) is 16.2. The summed E-state index contributed by atoms with van der Waals surface area (Å²) in [5, 5.41) is 20.8. The van der Waals surface area contributed by atoms with Gasteiger partial charge in [0.1, 0.15) is 0 Å². The fourth-order valence-electron chi connectivity index (χ4n) is 3.60. The van der Waals surface area contributed by atoms with Gasteiger partial charge in [-0.1, -0.05) is 16.8 Å². The first kappa shape index (κ1) is 20.9. The van der Waals surface area contributed by atoms with Gasteiger partial charge in [-0.3, -0.25) is 0 Å². The third kappa shape index (κ3) is 4.77. The molecule has 1 aliphatic heterocycles. The fourth-order valence-corrected chi connectivity index (χ4v) is 3.73. The van der Waals surface area contributed by atoms with E-state index >= 15 is 0 Å². The summed E-state index contributed by atoms with van der Waals surface area (Å²) >= 11 is 5.84. The molecule has 0 unspecified atom stereocenters. The van der Waals surface area contributed by atoms with E-state index in [-0.39, 0.29) is 0 Å². The van der Waals surface area contributed by atoms with Gasteiger partial charge in [0.25, 0.3) is 0 Å². The topological polar surface area (TPSA) is 105 Å². The third-order valence-electron chi connectivity index (χ3n) is 5.23. The number of halogens is 1. The van der Waals surface area contributed by atoms with E-state index in [0.29, 0.717) is 29.9 Å². The van der Waals surface area contributed by atoms with Gasteiger partial charge in [-0.15, -0.1) is 5.10 Å². The summed E-state index contributed by atoms with van der Waals surface area (Å²) in [5.74, 6) is 0.458. The van der Waals surface area contributed by atoms with Gasteiger partial charge in [-0.25, -0.2) is 14.6 Å². The lowest BCUT2D eigenvalue weighted by atomic mass is 10.1. The Morgan fingerprint density at radius 3 is 2.58 bits per heavy atom. The van der Waals surface area contributed by atoms with E-state index in [1.165, 1.54) is 0 Å². The Bertz CT molecular complexity index is 1310. The van der Waals surface area contributed by atoms with Crippen LogP contribution >= 0.6 is 11.6 Å². The minimum atomic E-state index is 0.333. The number of nitriles is 1. The van der Waals surface area contributed by atoms with Crippen molar-refractivity contribution in [1.29, 1.82) is 5.26 Å². The van der Waals surface area contributed by atoms with Crippen molar-refractivity contribution in [1.82, 2.24) is 25.0 Å². The van der Waals surface area contributed by atoms with Gasteiger partial charge in [0.15, 0.2) is 5.15 Å². The Balaban J connectivity index is 1.38. The van der Waals surface area contributed by atoms with Crippen LogP contribution in [0.25, 0.3) is 16.9 Å². The van der Waals surface area contributed by atoms with Crippen molar-refractivity contribution in [3.8, 4) is 23.0 Å². The lowest BCUT2D eigenvalue weighted by molar-refractivity contribution is 0.122. The van der Waals surface area contributed by atoms with Gasteiger partial charge in [0.05, 0.1) is 42.4 Å². The first-order valence-electron chi connectivity index (χ1n) is 10.3. The zero-order valence-electron chi connectivity index (χ0n) is 17.5. The Kier molecular flexibility index (Phi) is 5.85. The molecule has 1 saturated heterocycles. The number of hydrogen-bond donors (Lipinski definition) is 1. The second-order valence-electron chi connectivity index (χ2n) is 7.40. The summed E-state index contributed by atoms with van der Waals surface area (Å²) in [4.78, 5) is 11.2. The molecule has 0 saturated carbocycles. The van der Waals surface area contributed by atoms with Crippen molar-refractivity contribution in [2.45, 2.75) is 0 Å². The molecular formula is C23H19ClN8O. The molecule has 10 heteroatoms. The SMILES string of the molecule is N#Cc1cc(-c2ccnc(Nc3ccc(-n4cc(Cl)nn4)cc3)n2)cc(N2CCOCC2)c1. The van der Waals surface area contributed by atoms with Crippen LogP contribution in [-0.2, 0) is 4.74 Å². The van der Waals surface area contributed by atoms with Crippen LogP contribution in [0.5, 0.6) is 0 Å². The average molecular weight is 459 g/mol. The van der Waals surface area contributed by atoms with Gasteiger partial charge >= 0.3 is 0 Å². The molecule has 5 rings (SSSR count). The summed E-state index contributed by atoms with van der Waals surface area (Å²) in [5.41, 5.74) is 4.82. The maximum Gasteiger partial charge on any atom is 0.227 e. The Morgan fingerprint density at radius 2 is 1.85 bits per heavy atom. The molecule has 0 aliphatic carbocycles. The lowest BCUT2D eigenvalue weighted by Crippen LogP contribution is -2.36. The van der Waals surface area contributed by atoms with E-state index < -0.39 is 0 Å². The molecule has 0 bridgehead atoms. The van der Waals surface area contributed by atoms with E-state index in [1.54, 1.807) is 17.1 Å². The predicted molar refractivity (Wildman–Crippen MR) is 125 cm³/mol. The van der Waals surface area contributed by atoms with Crippen LogP contribution in [0, 0.1) is 11.3 Å². The monoisotopic (exact) mass is 458 g/mol. The van der Waals surface area contributed by atoms with Gasteiger partial charge < -0.3 is 15.0 Å². The molecule has 2 aromatic heterocycles. The van der Waals surface area contributed by atoms with Crippen LogP contribution in [0.4, 0.5) is 17.3 Å². The van der Waals surface area contributed by atoms with Crippen molar-refractivity contribution in [3.63, 3.8) is 0 Å². The van der Waals surface area contributed by atoms with Gasteiger partial charge in [0.2, 0.25) is 5.95 Å². The Morgan fingerprint density at radius 1 is 1.03 bits per heavy atom. The molecule has 1 N–H and O–H groups in total. The molecule has 1 fully saturated rings. The zero-order valence-corrected chi connectivity index (χ0v) is 18.3. The van der Waals surface area contributed by atoms with Gasteiger partial charge in [0, 0.05) is 36.2 Å². The molecule has 1 aliphatic rings. The Labute approximate surface area is 195 Å².